The third kappa shape index (κ3) is 3.88. The highest BCUT2D eigenvalue weighted by molar-refractivity contribution is 7.40. The zero-order valence-electron chi connectivity index (χ0n) is 17.5. The van der Waals surface area contributed by atoms with Crippen LogP contribution in [0.1, 0.15) is 36.1 Å². The van der Waals surface area contributed by atoms with Crippen molar-refractivity contribution in [3.63, 3.8) is 0 Å². The van der Waals surface area contributed by atoms with E-state index < -0.39 is 0 Å². The predicted molar refractivity (Wildman–Crippen MR) is 122 cm³/mol. The molecule has 0 aliphatic carbocycles. The second-order valence-electron chi connectivity index (χ2n) is 7.70. The summed E-state index contributed by atoms with van der Waals surface area (Å²) in [7, 11) is 1.00. The van der Waals surface area contributed by atoms with Gasteiger partial charge >= 0.3 is 0 Å². The van der Waals surface area contributed by atoms with E-state index in [4.69, 9.17) is 0 Å². The minimum absolute atomic E-state index is 0.0630. The van der Waals surface area contributed by atoms with E-state index in [2.05, 4.69) is 56.2 Å². The molecule has 0 spiro atoms. The van der Waals surface area contributed by atoms with E-state index in [1.54, 1.807) is 6.20 Å². The summed E-state index contributed by atoms with van der Waals surface area (Å²) < 4.78 is 1.93. The van der Waals surface area contributed by atoms with Crippen LogP contribution in [-0.2, 0) is 6.54 Å². The monoisotopic (exact) mass is 393 g/mol. The fourth-order valence-electron chi connectivity index (χ4n) is 3.51. The van der Waals surface area contributed by atoms with E-state index in [0.29, 0.717) is 12.5 Å². The molecule has 0 aliphatic heterocycles. The van der Waals surface area contributed by atoms with Crippen LogP contribution in [0, 0.1) is 26.7 Å². The van der Waals surface area contributed by atoms with Crippen molar-refractivity contribution in [1.82, 2.24) is 9.55 Å². The highest BCUT2D eigenvalue weighted by Crippen LogP contribution is 2.24. The van der Waals surface area contributed by atoms with Crippen molar-refractivity contribution < 1.29 is 0 Å². The van der Waals surface area contributed by atoms with Gasteiger partial charge < -0.3 is 9.88 Å². The molecule has 2 aromatic heterocycles. The van der Waals surface area contributed by atoms with Gasteiger partial charge in [0, 0.05) is 18.1 Å². The van der Waals surface area contributed by atoms with Crippen LogP contribution in [0.5, 0.6) is 0 Å². The maximum absolute atomic E-state index is 13.6. The first-order valence-electron chi connectivity index (χ1n) is 9.63. The number of benzene rings is 1. The Hall–Kier alpha value is -2.45. The number of hydrogen-bond acceptors (Lipinski definition) is 2. The average molecular weight is 393 g/mol. The first-order chi connectivity index (χ1) is 13.3. The number of aryl methyl sites for hydroxylation is 3. The van der Waals surface area contributed by atoms with Crippen molar-refractivity contribution in [2.75, 3.05) is 12.0 Å². The molecule has 3 aromatic rings. The summed E-state index contributed by atoms with van der Waals surface area (Å²) in [5.74, 6) is 1.18. The van der Waals surface area contributed by atoms with Crippen molar-refractivity contribution in [3.05, 3.63) is 69.1 Å². The quantitative estimate of drug-likeness (QED) is 0.610. The van der Waals surface area contributed by atoms with Crippen molar-refractivity contribution in [2.24, 2.45) is 5.92 Å². The Morgan fingerprint density at radius 1 is 1.21 bits per heavy atom. The van der Waals surface area contributed by atoms with Crippen LogP contribution in [0.3, 0.4) is 0 Å². The summed E-state index contributed by atoms with van der Waals surface area (Å²) in [5, 5.41) is 4.57. The molecule has 28 heavy (non-hydrogen) atoms. The first-order valence-corrected chi connectivity index (χ1v) is 11.0. The fourth-order valence-corrected chi connectivity index (χ4v) is 4.21. The van der Waals surface area contributed by atoms with E-state index in [0.717, 1.165) is 47.0 Å². The lowest BCUT2D eigenvalue weighted by molar-refractivity contribution is 0.523. The lowest BCUT2D eigenvalue weighted by atomic mass is 10.0. The van der Waals surface area contributed by atoms with Crippen LogP contribution >= 0.6 is 8.20 Å². The van der Waals surface area contributed by atoms with Gasteiger partial charge in [0.05, 0.1) is 16.5 Å². The molecule has 5 heteroatoms. The summed E-state index contributed by atoms with van der Waals surface area (Å²) in [6.07, 6.45) is 1.77. The first kappa shape index (κ1) is 20.3. The van der Waals surface area contributed by atoms with Gasteiger partial charge in [0.1, 0.15) is 5.82 Å². The molecule has 0 saturated carbocycles. The molecule has 3 rings (SSSR count). The molecule has 0 unspecified atom stereocenters. The van der Waals surface area contributed by atoms with Gasteiger partial charge in [-0.1, -0.05) is 39.7 Å². The highest BCUT2D eigenvalue weighted by Gasteiger charge is 2.19. The smallest absolute Gasteiger partial charge is 0.261 e. The van der Waals surface area contributed by atoms with Gasteiger partial charge in [-0.25, -0.2) is 4.98 Å². The predicted octanol–water partition coefficient (Wildman–Crippen LogP) is 5.14. The Bertz CT molecular complexity index is 1110. The zero-order valence-corrected chi connectivity index (χ0v) is 18.4. The number of rotatable bonds is 5. The van der Waals surface area contributed by atoms with Crippen LogP contribution in [0.4, 0.5) is 5.82 Å². The highest BCUT2D eigenvalue weighted by atomic mass is 31.1. The van der Waals surface area contributed by atoms with E-state index in [1.807, 2.05) is 30.3 Å². The lowest BCUT2D eigenvalue weighted by Gasteiger charge is -2.20. The second kappa shape index (κ2) is 8.28. The van der Waals surface area contributed by atoms with Crippen molar-refractivity contribution >= 4 is 30.3 Å². The normalized spacial score (nSPS) is 12.0. The van der Waals surface area contributed by atoms with Crippen molar-refractivity contribution in [2.45, 2.75) is 41.2 Å². The van der Waals surface area contributed by atoms with E-state index in [-0.39, 0.29) is 5.56 Å². The standard InChI is InChI=1S/C23H28N3OP/c1-14(2)13-26-19-10-9-15(3)12-18(19)17(5)20(23(26)27)22(28-6)25-21-16(4)8-7-11-24-21/h7-12,14H,13H2,1-6H3,(H,24,25). The molecule has 0 radical (unpaired) electrons. The summed E-state index contributed by atoms with van der Waals surface area (Å²) in [4.78, 5) is 18.0. The maximum atomic E-state index is 13.6. The van der Waals surface area contributed by atoms with E-state index >= 15 is 0 Å². The molecule has 0 amide bonds. The van der Waals surface area contributed by atoms with E-state index in [9.17, 15) is 4.79 Å². The number of pyridine rings is 2. The van der Waals surface area contributed by atoms with Crippen molar-refractivity contribution in [3.8, 4) is 0 Å². The zero-order chi connectivity index (χ0) is 20.4. The number of aromatic nitrogens is 2. The van der Waals surface area contributed by atoms with Crippen LogP contribution < -0.4 is 10.9 Å². The lowest BCUT2D eigenvalue weighted by Crippen LogP contribution is -2.32. The molecule has 0 aliphatic rings. The topological polar surface area (TPSA) is 46.9 Å². The van der Waals surface area contributed by atoms with Crippen LogP contribution in [0.15, 0.2) is 41.3 Å². The summed E-state index contributed by atoms with van der Waals surface area (Å²) in [5.41, 5.74) is 5.99. The molecular formula is C23H28N3OP. The molecule has 0 saturated heterocycles. The molecule has 4 nitrogen and oxygen atoms in total. The molecule has 146 valence electrons. The Kier molecular flexibility index (Phi) is 6.00. The third-order valence-corrected chi connectivity index (χ3v) is 5.72. The molecule has 1 N–H and O–H groups in total. The minimum Gasteiger partial charge on any atom is -0.336 e. The van der Waals surface area contributed by atoms with Gasteiger partial charge in [-0.2, -0.15) is 0 Å². The Labute approximate surface area is 168 Å². The van der Waals surface area contributed by atoms with Gasteiger partial charge in [0.2, 0.25) is 0 Å². The summed E-state index contributed by atoms with van der Waals surface area (Å²) in [6.45, 7) is 13.2. The van der Waals surface area contributed by atoms with Crippen molar-refractivity contribution in [1.29, 1.82) is 0 Å². The van der Waals surface area contributed by atoms with Gasteiger partial charge in [-0.15, -0.1) is 0 Å². The number of hydrogen-bond donors (Lipinski definition) is 1. The van der Waals surface area contributed by atoms with Gasteiger partial charge in [-0.05, 0) is 62.7 Å². The number of nitrogens with zero attached hydrogens (tertiary/aromatic N) is 2. The SMILES string of the molecule is C/P=C(/Nc1ncccc1C)c1c(C)c2cc(C)ccc2n(CC(C)C)c1=O. The van der Waals surface area contributed by atoms with E-state index in [1.165, 1.54) is 5.56 Å². The summed E-state index contributed by atoms with van der Waals surface area (Å²) in [6, 6.07) is 10.3. The average Bonchev–Trinajstić information content (AvgIpc) is 2.65. The number of anilines is 1. The van der Waals surface area contributed by atoms with Crippen LogP contribution in [0.25, 0.3) is 10.9 Å². The van der Waals surface area contributed by atoms with Gasteiger partial charge in [0.15, 0.2) is 0 Å². The Morgan fingerprint density at radius 2 is 1.96 bits per heavy atom. The van der Waals surface area contributed by atoms with Crippen LogP contribution in [0.2, 0.25) is 0 Å². The maximum Gasteiger partial charge on any atom is 0.261 e. The summed E-state index contributed by atoms with van der Waals surface area (Å²) >= 11 is 0. The molecule has 0 bridgehead atoms. The molecule has 2 heterocycles. The number of nitrogens with one attached hydrogen (secondary N) is 1. The van der Waals surface area contributed by atoms with Gasteiger partial charge in [0.25, 0.3) is 5.56 Å². The Morgan fingerprint density at radius 3 is 2.61 bits per heavy atom. The molecular weight excluding hydrogens is 365 g/mol. The van der Waals surface area contributed by atoms with Crippen LogP contribution in [-0.4, -0.2) is 21.6 Å². The molecule has 1 aromatic carbocycles. The third-order valence-electron chi connectivity index (χ3n) is 4.94. The molecule has 0 fully saturated rings. The van der Waals surface area contributed by atoms with Gasteiger partial charge in [-0.3, -0.25) is 4.79 Å². The minimum atomic E-state index is 0.0630. The number of fused-ring (bicyclic) bond motifs is 1. The fraction of sp³-hybridized carbons (Fsp3) is 0.348. The largest absolute Gasteiger partial charge is 0.336 e. The second-order valence-corrected chi connectivity index (χ2v) is 8.59. The molecule has 0 atom stereocenters. The Balaban J connectivity index is 2.27.